The number of unbranched alkanes of at least 4 members (excludes halogenated alkanes) is 2. The SMILES string of the molecule is CCCCCNC(C)c1c(C)nn(CC)c1C. The zero-order chi connectivity index (χ0) is 12.8. The molecule has 0 bridgehead atoms. The van der Waals surface area contributed by atoms with Crippen LogP contribution in [0.5, 0.6) is 0 Å². The lowest BCUT2D eigenvalue weighted by Gasteiger charge is -2.14. The second-order valence-corrected chi connectivity index (χ2v) is 4.78. The van der Waals surface area contributed by atoms with E-state index < -0.39 is 0 Å². The van der Waals surface area contributed by atoms with Crippen LogP contribution in [0.3, 0.4) is 0 Å². The fourth-order valence-electron chi connectivity index (χ4n) is 2.44. The summed E-state index contributed by atoms with van der Waals surface area (Å²) < 4.78 is 2.09. The number of aryl methyl sites for hydroxylation is 2. The minimum absolute atomic E-state index is 0.409. The fourth-order valence-corrected chi connectivity index (χ4v) is 2.44. The van der Waals surface area contributed by atoms with E-state index in [1.165, 1.54) is 36.2 Å². The molecule has 17 heavy (non-hydrogen) atoms. The highest BCUT2D eigenvalue weighted by molar-refractivity contribution is 5.27. The van der Waals surface area contributed by atoms with Crippen LogP contribution in [0.1, 0.15) is 63.0 Å². The number of hydrogen-bond donors (Lipinski definition) is 1. The van der Waals surface area contributed by atoms with Crippen molar-refractivity contribution < 1.29 is 0 Å². The first-order chi connectivity index (χ1) is 8.11. The summed E-state index contributed by atoms with van der Waals surface area (Å²) in [6.45, 7) is 13.0. The predicted octanol–water partition coefficient (Wildman–Crippen LogP) is 3.36. The van der Waals surface area contributed by atoms with E-state index in [0.29, 0.717) is 6.04 Å². The van der Waals surface area contributed by atoms with Gasteiger partial charge in [0.15, 0.2) is 0 Å². The van der Waals surface area contributed by atoms with Crippen LogP contribution in [-0.4, -0.2) is 16.3 Å². The minimum Gasteiger partial charge on any atom is -0.310 e. The van der Waals surface area contributed by atoms with Gasteiger partial charge >= 0.3 is 0 Å². The third-order valence-electron chi connectivity index (χ3n) is 3.40. The molecule has 0 aliphatic heterocycles. The molecule has 1 N–H and O–H groups in total. The van der Waals surface area contributed by atoms with Crippen LogP contribution in [-0.2, 0) is 6.54 Å². The molecule has 0 radical (unpaired) electrons. The fraction of sp³-hybridized carbons (Fsp3) is 0.786. The largest absolute Gasteiger partial charge is 0.310 e. The normalized spacial score (nSPS) is 13.0. The summed E-state index contributed by atoms with van der Waals surface area (Å²) in [5, 5.41) is 8.17. The Labute approximate surface area is 106 Å². The lowest BCUT2D eigenvalue weighted by atomic mass is 10.1. The van der Waals surface area contributed by atoms with Crippen LogP contribution in [0.25, 0.3) is 0 Å². The third kappa shape index (κ3) is 3.56. The number of hydrogen-bond acceptors (Lipinski definition) is 2. The van der Waals surface area contributed by atoms with Gasteiger partial charge in [-0.15, -0.1) is 0 Å². The molecule has 1 aromatic heterocycles. The summed E-state index contributed by atoms with van der Waals surface area (Å²) in [4.78, 5) is 0. The number of rotatable bonds is 7. The number of nitrogens with zero attached hydrogens (tertiary/aromatic N) is 2. The molecule has 3 nitrogen and oxygen atoms in total. The Morgan fingerprint density at radius 3 is 2.47 bits per heavy atom. The molecule has 0 saturated heterocycles. The van der Waals surface area contributed by atoms with E-state index in [2.05, 4.69) is 49.7 Å². The highest BCUT2D eigenvalue weighted by Gasteiger charge is 2.15. The summed E-state index contributed by atoms with van der Waals surface area (Å²) in [6, 6.07) is 0.409. The van der Waals surface area contributed by atoms with E-state index in [4.69, 9.17) is 0 Å². The molecule has 1 heterocycles. The molecule has 1 atom stereocenters. The van der Waals surface area contributed by atoms with Gasteiger partial charge in [-0.25, -0.2) is 0 Å². The van der Waals surface area contributed by atoms with E-state index in [9.17, 15) is 0 Å². The summed E-state index contributed by atoms with van der Waals surface area (Å²) in [6.07, 6.45) is 3.86. The molecular weight excluding hydrogens is 210 g/mol. The minimum atomic E-state index is 0.409. The smallest absolute Gasteiger partial charge is 0.0644 e. The first-order valence-electron chi connectivity index (χ1n) is 6.89. The van der Waals surface area contributed by atoms with Crippen molar-refractivity contribution in [2.24, 2.45) is 0 Å². The van der Waals surface area contributed by atoms with Gasteiger partial charge in [-0.3, -0.25) is 4.68 Å². The van der Waals surface area contributed by atoms with Crippen molar-refractivity contribution in [2.45, 2.75) is 66.5 Å². The Bertz CT molecular complexity index is 341. The van der Waals surface area contributed by atoms with Gasteiger partial charge in [0.25, 0.3) is 0 Å². The maximum absolute atomic E-state index is 4.57. The topological polar surface area (TPSA) is 29.9 Å². The number of aromatic nitrogens is 2. The van der Waals surface area contributed by atoms with Gasteiger partial charge in [-0.1, -0.05) is 19.8 Å². The average Bonchev–Trinajstić information content (AvgIpc) is 2.59. The Hall–Kier alpha value is -0.830. The van der Waals surface area contributed by atoms with Gasteiger partial charge in [0.1, 0.15) is 0 Å². The van der Waals surface area contributed by atoms with Gasteiger partial charge in [0, 0.05) is 23.8 Å². The molecule has 0 aliphatic rings. The quantitative estimate of drug-likeness (QED) is 0.737. The van der Waals surface area contributed by atoms with Crippen molar-refractivity contribution in [3.63, 3.8) is 0 Å². The van der Waals surface area contributed by atoms with E-state index in [1.807, 2.05) is 0 Å². The molecule has 0 aliphatic carbocycles. The summed E-state index contributed by atoms with van der Waals surface area (Å²) >= 11 is 0. The van der Waals surface area contributed by atoms with Crippen molar-refractivity contribution >= 4 is 0 Å². The van der Waals surface area contributed by atoms with Crippen LogP contribution in [0.15, 0.2) is 0 Å². The highest BCUT2D eigenvalue weighted by atomic mass is 15.3. The molecule has 1 aromatic rings. The lowest BCUT2D eigenvalue weighted by molar-refractivity contribution is 0.539. The molecule has 3 heteroatoms. The molecule has 0 saturated carbocycles. The van der Waals surface area contributed by atoms with E-state index in [0.717, 1.165) is 13.1 Å². The molecular formula is C14H27N3. The highest BCUT2D eigenvalue weighted by Crippen LogP contribution is 2.21. The Morgan fingerprint density at radius 2 is 1.94 bits per heavy atom. The first-order valence-corrected chi connectivity index (χ1v) is 6.89. The van der Waals surface area contributed by atoms with E-state index in [1.54, 1.807) is 0 Å². The van der Waals surface area contributed by atoms with Gasteiger partial charge in [0.05, 0.1) is 5.69 Å². The van der Waals surface area contributed by atoms with Crippen LogP contribution >= 0.6 is 0 Å². The Kier molecular flexibility index (Phi) is 5.69. The Balaban J connectivity index is 2.62. The average molecular weight is 237 g/mol. The molecule has 0 amide bonds. The lowest BCUT2D eigenvalue weighted by Crippen LogP contribution is -2.21. The Morgan fingerprint density at radius 1 is 1.24 bits per heavy atom. The summed E-state index contributed by atoms with van der Waals surface area (Å²) in [7, 11) is 0. The van der Waals surface area contributed by atoms with Gasteiger partial charge < -0.3 is 5.32 Å². The van der Waals surface area contributed by atoms with Gasteiger partial charge in [-0.2, -0.15) is 5.10 Å². The summed E-state index contributed by atoms with van der Waals surface area (Å²) in [5.74, 6) is 0. The molecule has 0 aromatic carbocycles. The molecule has 1 unspecified atom stereocenters. The maximum atomic E-state index is 4.57. The zero-order valence-electron chi connectivity index (χ0n) is 12.0. The predicted molar refractivity (Wildman–Crippen MR) is 73.3 cm³/mol. The van der Waals surface area contributed by atoms with Crippen LogP contribution in [0.2, 0.25) is 0 Å². The standard InChI is InChI=1S/C14H27N3/c1-6-8-9-10-15-11(3)14-12(4)16-17(7-2)13(14)5/h11,15H,6-10H2,1-5H3. The van der Waals surface area contributed by atoms with Crippen molar-refractivity contribution in [1.82, 2.24) is 15.1 Å². The second-order valence-electron chi connectivity index (χ2n) is 4.78. The molecule has 0 fully saturated rings. The second kappa shape index (κ2) is 6.80. The third-order valence-corrected chi connectivity index (χ3v) is 3.40. The van der Waals surface area contributed by atoms with Crippen molar-refractivity contribution in [3.05, 3.63) is 17.0 Å². The summed E-state index contributed by atoms with van der Waals surface area (Å²) in [5.41, 5.74) is 3.85. The molecule has 98 valence electrons. The van der Waals surface area contributed by atoms with Crippen LogP contribution in [0.4, 0.5) is 0 Å². The molecule has 0 spiro atoms. The van der Waals surface area contributed by atoms with Gasteiger partial charge in [0.2, 0.25) is 0 Å². The van der Waals surface area contributed by atoms with Crippen molar-refractivity contribution in [2.75, 3.05) is 6.54 Å². The maximum Gasteiger partial charge on any atom is 0.0644 e. The van der Waals surface area contributed by atoms with Crippen LogP contribution < -0.4 is 5.32 Å². The van der Waals surface area contributed by atoms with Gasteiger partial charge in [-0.05, 0) is 40.7 Å². The monoisotopic (exact) mass is 237 g/mol. The molecule has 1 rings (SSSR count). The zero-order valence-corrected chi connectivity index (χ0v) is 12.0. The van der Waals surface area contributed by atoms with E-state index in [-0.39, 0.29) is 0 Å². The van der Waals surface area contributed by atoms with Crippen molar-refractivity contribution in [1.29, 1.82) is 0 Å². The van der Waals surface area contributed by atoms with Crippen molar-refractivity contribution in [3.8, 4) is 0 Å². The van der Waals surface area contributed by atoms with E-state index >= 15 is 0 Å². The van der Waals surface area contributed by atoms with Crippen LogP contribution in [0, 0.1) is 13.8 Å². The number of nitrogens with one attached hydrogen (secondary N) is 1. The first kappa shape index (κ1) is 14.2.